The van der Waals surface area contributed by atoms with Gasteiger partial charge in [-0.15, -0.1) is 0 Å². The van der Waals surface area contributed by atoms with Crippen molar-refractivity contribution in [1.29, 1.82) is 0 Å². The summed E-state index contributed by atoms with van der Waals surface area (Å²) in [6, 6.07) is 11.2. The Kier molecular flexibility index (Phi) is 3.20. The Morgan fingerprint density at radius 1 is 1.21 bits per heavy atom. The van der Waals surface area contributed by atoms with Gasteiger partial charge >= 0.3 is 5.63 Å². The van der Waals surface area contributed by atoms with Crippen molar-refractivity contribution in [3.8, 4) is 17.2 Å². The Labute approximate surface area is 164 Å². The van der Waals surface area contributed by atoms with Crippen molar-refractivity contribution in [3.63, 3.8) is 0 Å². The highest BCUT2D eigenvalue weighted by Crippen LogP contribution is 2.49. The van der Waals surface area contributed by atoms with Gasteiger partial charge in [0.25, 0.3) is 0 Å². The molecule has 6 rings (SSSR count). The van der Waals surface area contributed by atoms with Gasteiger partial charge < -0.3 is 23.9 Å². The monoisotopic (exact) mass is 389 g/mol. The lowest BCUT2D eigenvalue weighted by Gasteiger charge is -2.26. The van der Waals surface area contributed by atoms with Crippen LogP contribution in [0.1, 0.15) is 22.6 Å². The molecule has 0 amide bonds. The number of aromatic nitrogens is 2. The maximum atomic E-state index is 13.1. The Bertz CT molecular complexity index is 1340. The van der Waals surface area contributed by atoms with Crippen molar-refractivity contribution >= 4 is 22.5 Å². The quantitative estimate of drug-likeness (QED) is 0.446. The number of ether oxygens (including phenoxy) is 3. The Hall–Kier alpha value is -3.94. The first kappa shape index (κ1) is 16.1. The molecule has 0 saturated carbocycles. The number of nitrogens with one attached hydrogen (secondary N) is 2. The molecule has 2 N–H and O–H groups in total. The molecule has 144 valence electrons. The fourth-order valence-electron chi connectivity index (χ4n) is 4.12. The molecule has 0 saturated heterocycles. The smallest absolute Gasteiger partial charge is 0.342 e. The van der Waals surface area contributed by atoms with E-state index in [1.165, 1.54) is 0 Å². The normalized spacial score (nSPS) is 16.2. The zero-order valence-corrected chi connectivity index (χ0v) is 15.3. The molecule has 8 nitrogen and oxygen atoms in total. The number of rotatable bonds is 2. The molecule has 8 heteroatoms. The van der Waals surface area contributed by atoms with E-state index < -0.39 is 11.5 Å². The van der Waals surface area contributed by atoms with Crippen molar-refractivity contribution in [3.05, 3.63) is 69.7 Å². The molecule has 4 aromatic rings. The lowest BCUT2D eigenvalue weighted by molar-refractivity contribution is 0.171. The van der Waals surface area contributed by atoms with E-state index in [4.69, 9.17) is 18.6 Å². The molecule has 0 aliphatic carbocycles. The van der Waals surface area contributed by atoms with Gasteiger partial charge in [0, 0.05) is 16.9 Å². The van der Waals surface area contributed by atoms with Gasteiger partial charge in [-0.1, -0.05) is 12.1 Å². The van der Waals surface area contributed by atoms with Gasteiger partial charge in [-0.25, -0.2) is 4.79 Å². The summed E-state index contributed by atoms with van der Waals surface area (Å²) in [4.78, 5) is 13.1. The molecule has 2 aromatic carbocycles. The zero-order valence-electron chi connectivity index (χ0n) is 15.3. The van der Waals surface area contributed by atoms with Crippen molar-refractivity contribution in [1.82, 2.24) is 10.2 Å². The highest BCUT2D eigenvalue weighted by Gasteiger charge is 2.35. The van der Waals surface area contributed by atoms with Crippen LogP contribution in [-0.4, -0.2) is 24.1 Å². The van der Waals surface area contributed by atoms with Crippen molar-refractivity contribution in [2.45, 2.75) is 5.92 Å². The number of nitrogens with zero attached hydrogens (tertiary/aromatic N) is 1. The maximum absolute atomic E-state index is 13.1. The Balaban J connectivity index is 1.67. The molecule has 0 bridgehead atoms. The SMILES string of the molecule is COc1cc(C2c3cn[nH]c3Nc3c2c(=O)oc2ccccc32)cc2c1OCO2. The van der Waals surface area contributed by atoms with Crippen LogP contribution in [0.3, 0.4) is 0 Å². The standard InChI is InChI=1S/C21H15N3O5/c1-26-14-6-10(7-15-19(14)28-9-27-15)16-12-8-22-24-20(12)23-18-11-4-2-3-5-13(11)29-21(25)17(16)18/h2-8,16H,9H2,1H3,(H2,22,23,24). The minimum absolute atomic E-state index is 0.127. The number of hydrogen-bond donors (Lipinski definition) is 2. The van der Waals surface area contributed by atoms with Crippen LogP contribution in [0, 0.1) is 0 Å². The number of para-hydroxylation sites is 1. The Morgan fingerprint density at radius 2 is 2.10 bits per heavy atom. The Morgan fingerprint density at radius 3 is 3.00 bits per heavy atom. The van der Waals surface area contributed by atoms with Crippen molar-refractivity contribution in [2.24, 2.45) is 0 Å². The number of benzene rings is 2. The van der Waals surface area contributed by atoms with Crippen LogP contribution in [0.15, 0.2) is 51.8 Å². The number of aromatic amines is 1. The van der Waals surface area contributed by atoms with Gasteiger partial charge in [-0.2, -0.15) is 5.10 Å². The van der Waals surface area contributed by atoms with E-state index in [0.717, 1.165) is 22.3 Å². The average molecular weight is 389 g/mol. The van der Waals surface area contributed by atoms with Gasteiger partial charge in [-0.05, 0) is 29.8 Å². The second kappa shape index (κ2) is 5.78. The average Bonchev–Trinajstić information content (AvgIpc) is 3.40. The summed E-state index contributed by atoms with van der Waals surface area (Å²) in [5.74, 6) is 2.00. The molecular formula is C21H15N3O5. The minimum atomic E-state index is -0.413. The lowest BCUT2D eigenvalue weighted by Crippen LogP contribution is -2.22. The molecule has 0 radical (unpaired) electrons. The number of anilines is 2. The van der Waals surface area contributed by atoms with Gasteiger partial charge in [0.05, 0.1) is 24.6 Å². The first-order chi connectivity index (χ1) is 14.2. The fraction of sp³-hybridized carbons (Fsp3) is 0.143. The van der Waals surface area contributed by atoms with Crippen LogP contribution in [0.5, 0.6) is 17.2 Å². The van der Waals surface area contributed by atoms with Gasteiger partial charge in [-0.3, -0.25) is 5.10 Å². The summed E-state index contributed by atoms with van der Waals surface area (Å²) in [5, 5.41) is 11.3. The fourth-order valence-corrected chi connectivity index (χ4v) is 4.12. The third-order valence-electron chi connectivity index (χ3n) is 5.38. The third kappa shape index (κ3) is 2.19. The van der Waals surface area contributed by atoms with E-state index >= 15 is 0 Å². The van der Waals surface area contributed by atoms with Crippen LogP contribution in [0.4, 0.5) is 11.5 Å². The van der Waals surface area contributed by atoms with Crippen molar-refractivity contribution in [2.75, 3.05) is 19.2 Å². The topological polar surface area (TPSA) is 98.6 Å². The summed E-state index contributed by atoms with van der Waals surface area (Å²) >= 11 is 0. The number of H-pyrrole nitrogens is 1. The first-order valence-corrected chi connectivity index (χ1v) is 9.08. The van der Waals surface area contributed by atoms with Gasteiger partial charge in [0.2, 0.25) is 12.5 Å². The van der Waals surface area contributed by atoms with E-state index in [9.17, 15) is 4.79 Å². The number of fused-ring (bicyclic) bond motifs is 5. The van der Waals surface area contributed by atoms with Crippen LogP contribution in [0.25, 0.3) is 11.0 Å². The van der Waals surface area contributed by atoms with E-state index in [1.54, 1.807) is 19.4 Å². The predicted octanol–water partition coefficient (Wildman–Crippen LogP) is 3.49. The lowest BCUT2D eigenvalue weighted by atomic mass is 9.83. The van der Waals surface area contributed by atoms with E-state index in [0.29, 0.717) is 34.1 Å². The van der Waals surface area contributed by atoms with Gasteiger partial charge in [0.15, 0.2) is 11.5 Å². The molecular weight excluding hydrogens is 374 g/mol. The molecule has 0 spiro atoms. The summed E-state index contributed by atoms with van der Waals surface area (Å²) in [7, 11) is 1.57. The van der Waals surface area contributed by atoms with E-state index in [2.05, 4.69) is 15.5 Å². The summed E-state index contributed by atoms with van der Waals surface area (Å²) in [5.41, 5.74) is 2.99. The second-order valence-corrected chi connectivity index (χ2v) is 6.89. The van der Waals surface area contributed by atoms with Crippen LogP contribution in [-0.2, 0) is 0 Å². The highest BCUT2D eigenvalue weighted by atomic mass is 16.7. The van der Waals surface area contributed by atoms with Crippen LogP contribution >= 0.6 is 0 Å². The van der Waals surface area contributed by atoms with Crippen molar-refractivity contribution < 1.29 is 18.6 Å². The molecule has 0 fully saturated rings. The maximum Gasteiger partial charge on any atom is 0.342 e. The molecule has 1 atom stereocenters. The molecule has 2 aromatic heterocycles. The third-order valence-corrected chi connectivity index (χ3v) is 5.38. The summed E-state index contributed by atoms with van der Waals surface area (Å²) in [6.07, 6.45) is 1.71. The van der Waals surface area contributed by atoms with E-state index in [-0.39, 0.29) is 6.79 Å². The molecule has 2 aliphatic rings. The number of methoxy groups -OCH3 is 1. The molecule has 2 aliphatic heterocycles. The first-order valence-electron chi connectivity index (χ1n) is 9.08. The summed E-state index contributed by atoms with van der Waals surface area (Å²) < 4.78 is 22.2. The van der Waals surface area contributed by atoms with Gasteiger partial charge in [0.1, 0.15) is 11.4 Å². The highest BCUT2D eigenvalue weighted by molar-refractivity contribution is 5.95. The number of hydrogen-bond acceptors (Lipinski definition) is 7. The van der Waals surface area contributed by atoms with Crippen LogP contribution in [0.2, 0.25) is 0 Å². The van der Waals surface area contributed by atoms with E-state index in [1.807, 2.05) is 30.3 Å². The molecule has 4 heterocycles. The minimum Gasteiger partial charge on any atom is -0.493 e. The molecule has 1 unspecified atom stereocenters. The summed E-state index contributed by atoms with van der Waals surface area (Å²) in [6.45, 7) is 0.127. The molecule has 29 heavy (non-hydrogen) atoms. The van der Waals surface area contributed by atoms with Crippen LogP contribution < -0.4 is 25.2 Å². The zero-order chi connectivity index (χ0) is 19.5. The largest absolute Gasteiger partial charge is 0.493 e. The predicted molar refractivity (Wildman–Crippen MR) is 104 cm³/mol. The second-order valence-electron chi connectivity index (χ2n) is 6.89.